The molecule has 0 aliphatic heterocycles. The van der Waals surface area contributed by atoms with Gasteiger partial charge in [0.05, 0.1) is 29.6 Å². The van der Waals surface area contributed by atoms with Gasteiger partial charge in [0.2, 0.25) is 0 Å². The first-order valence-electron chi connectivity index (χ1n) is 8.59. The second-order valence-electron chi connectivity index (χ2n) is 6.57. The zero-order chi connectivity index (χ0) is 19.1. The summed E-state index contributed by atoms with van der Waals surface area (Å²) in [5, 5.41) is 11.0. The SMILES string of the molecule is COc1ccc(-c2c(Cl)c(CCl)nc3sc4c(c23)CC[C@H](C(=O)O)C4)cc1. The molecule has 0 spiro atoms. The van der Waals surface area contributed by atoms with E-state index in [2.05, 4.69) is 4.98 Å². The molecule has 3 aromatic rings. The first kappa shape index (κ1) is 18.5. The van der Waals surface area contributed by atoms with Crippen molar-refractivity contribution in [1.82, 2.24) is 4.98 Å². The van der Waals surface area contributed by atoms with Crippen LogP contribution in [0.4, 0.5) is 0 Å². The molecule has 1 atom stereocenters. The molecular formula is C20H17Cl2NO3S. The van der Waals surface area contributed by atoms with Gasteiger partial charge in [0.15, 0.2) is 0 Å². The lowest BCUT2D eigenvalue weighted by Gasteiger charge is -2.19. The van der Waals surface area contributed by atoms with Crippen LogP contribution in [0.5, 0.6) is 5.75 Å². The highest BCUT2D eigenvalue weighted by Crippen LogP contribution is 2.45. The highest BCUT2D eigenvalue weighted by Gasteiger charge is 2.30. The molecule has 2 heterocycles. The number of aromatic nitrogens is 1. The van der Waals surface area contributed by atoms with Crippen LogP contribution in [0, 0.1) is 5.92 Å². The second kappa shape index (κ2) is 7.30. The molecule has 0 bridgehead atoms. The zero-order valence-corrected chi connectivity index (χ0v) is 16.9. The Kier molecular flexibility index (Phi) is 5.01. The van der Waals surface area contributed by atoms with Crippen LogP contribution in [0.3, 0.4) is 0 Å². The fraction of sp³-hybridized carbons (Fsp3) is 0.300. The maximum absolute atomic E-state index is 11.4. The summed E-state index contributed by atoms with van der Waals surface area (Å²) in [7, 11) is 1.63. The topological polar surface area (TPSA) is 59.4 Å². The van der Waals surface area contributed by atoms with Crippen molar-refractivity contribution in [2.45, 2.75) is 25.1 Å². The predicted octanol–water partition coefficient (Wildman–Crippen LogP) is 5.55. The van der Waals surface area contributed by atoms with Crippen LogP contribution < -0.4 is 4.74 Å². The molecule has 140 valence electrons. The molecule has 4 rings (SSSR count). The van der Waals surface area contributed by atoms with Gasteiger partial charge in [0.1, 0.15) is 10.6 Å². The molecule has 0 radical (unpaired) electrons. The van der Waals surface area contributed by atoms with E-state index in [9.17, 15) is 9.90 Å². The molecule has 1 aliphatic carbocycles. The van der Waals surface area contributed by atoms with Crippen molar-refractivity contribution in [2.75, 3.05) is 7.11 Å². The Labute approximate surface area is 170 Å². The van der Waals surface area contributed by atoms with E-state index < -0.39 is 5.97 Å². The largest absolute Gasteiger partial charge is 0.497 e. The Morgan fingerprint density at radius 3 is 2.74 bits per heavy atom. The van der Waals surface area contributed by atoms with E-state index in [0.29, 0.717) is 30.0 Å². The van der Waals surface area contributed by atoms with E-state index >= 15 is 0 Å². The van der Waals surface area contributed by atoms with Crippen LogP contribution in [-0.2, 0) is 23.5 Å². The summed E-state index contributed by atoms with van der Waals surface area (Å²) in [6.45, 7) is 0. The Bertz CT molecular complexity index is 1030. The zero-order valence-electron chi connectivity index (χ0n) is 14.6. The lowest BCUT2D eigenvalue weighted by molar-refractivity contribution is -0.142. The fourth-order valence-electron chi connectivity index (χ4n) is 3.66. The molecule has 27 heavy (non-hydrogen) atoms. The van der Waals surface area contributed by atoms with Gasteiger partial charge < -0.3 is 9.84 Å². The summed E-state index contributed by atoms with van der Waals surface area (Å²) in [5.74, 6) is -0.0774. The quantitative estimate of drug-likeness (QED) is 0.560. The van der Waals surface area contributed by atoms with E-state index in [4.69, 9.17) is 27.9 Å². The number of methoxy groups -OCH3 is 1. The fourth-order valence-corrected chi connectivity index (χ4v) is 5.56. The summed E-state index contributed by atoms with van der Waals surface area (Å²) in [6, 6.07) is 7.75. The molecule has 0 amide bonds. The van der Waals surface area contributed by atoms with Gasteiger partial charge in [-0.15, -0.1) is 22.9 Å². The minimum absolute atomic E-state index is 0.220. The average Bonchev–Trinajstić information content (AvgIpc) is 3.04. The van der Waals surface area contributed by atoms with Gasteiger partial charge in [-0.2, -0.15) is 0 Å². The summed E-state index contributed by atoms with van der Waals surface area (Å²) >= 11 is 14.4. The Balaban J connectivity index is 1.96. The first-order valence-corrected chi connectivity index (χ1v) is 10.3. The van der Waals surface area contributed by atoms with Crippen LogP contribution in [0.1, 0.15) is 22.6 Å². The number of hydrogen-bond donors (Lipinski definition) is 1. The minimum Gasteiger partial charge on any atom is -0.497 e. The molecule has 7 heteroatoms. The van der Waals surface area contributed by atoms with Crippen molar-refractivity contribution >= 4 is 50.7 Å². The number of carbonyl (C=O) groups is 1. The van der Waals surface area contributed by atoms with Crippen molar-refractivity contribution in [1.29, 1.82) is 0 Å². The highest BCUT2D eigenvalue weighted by atomic mass is 35.5. The van der Waals surface area contributed by atoms with E-state index in [1.165, 1.54) is 5.56 Å². The van der Waals surface area contributed by atoms with Gasteiger partial charge in [-0.1, -0.05) is 23.7 Å². The molecule has 0 saturated carbocycles. The van der Waals surface area contributed by atoms with Crippen molar-refractivity contribution in [3.05, 3.63) is 45.4 Å². The number of carboxylic acids is 1. The Morgan fingerprint density at radius 1 is 1.37 bits per heavy atom. The number of aliphatic carboxylic acids is 1. The molecule has 0 saturated heterocycles. The molecular weight excluding hydrogens is 405 g/mol. The van der Waals surface area contributed by atoms with Crippen LogP contribution in [0.15, 0.2) is 24.3 Å². The van der Waals surface area contributed by atoms with Crippen molar-refractivity contribution in [2.24, 2.45) is 5.92 Å². The number of ether oxygens (including phenoxy) is 1. The molecule has 1 aromatic carbocycles. The van der Waals surface area contributed by atoms with Crippen LogP contribution in [0.25, 0.3) is 21.3 Å². The van der Waals surface area contributed by atoms with E-state index in [1.54, 1.807) is 18.4 Å². The third-order valence-electron chi connectivity index (χ3n) is 5.06. The van der Waals surface area contributed by atoms with Crippen LogP contribution in [0.2, 0.25) is 5.02 Å². The summed E-state index contributed by atoms with van der Waals surface area (Å²) in [6.07, 6.45) is 1.89. The number of aryl methyl sites for hydroxylation is 1. The van der Waals surface area contributed by atoms with Crippen LogP contribution >= 0.6 is 34.5 Å². The normalized spacial score (nSPS) is 16.3. The van der Waals surface area contributed by atoms with Gasteiger partial charge in [-0.05, 0) is 42.5 Å². The van der Waals surface area contributed by atoms with Gasteiger partial charge in [0.25, 0.3) is 0 Å². The first-order chi connectivity index (χ1) is 13.0. The molecule has 1 N–H and O–H groups in total. The van der Waals surface area contributed by atoms with E-state index in [0.717, 1.165) is 32.0 Å². The minimum atomic E-state index is -0.735. The molecule has 0 fully saturated rings. The molecule has 4 nitrogen and oxygen atoms in total. The number of nitrogens with zero attached hydrogens (tertiary/aromatic N) is 1. The number of thiophene rings is 1. The third kappa shape index (κ3) is 3.18. The monoisotopic (exact) mass is 421 g/mol. The maximum Gasteiger partial charge on any atom is 0.306 e. The molecule has 2 aromatic heterocycles. The number of fused-ring (bicyclic) bond motifs is 3. The van der Waals surface area contributed by atoms with Gasteiger partial charge in [-0.25, -0.2) is 4.98 Å². The van der Waals surface area contributed by atoms with Gasteiger partial charge >= 0.3 is 5.97 Å². The standard InChI is InChI=1S/C20H17Cl2NO3S/c1-26-12-5-2-10(3-6-12)16-17-13-7-4-11(20(24)25)8-15(13)27-19(17)23-14(9-21)18(16)22/h2-3,5-6,11H,4,7-9H2,1H3,(H,24,25)/t11-/m0/s1. The third-order valence-corrected chi connectivity index (χ3v) is 6.87. The number of carboxylic acid groups (broad SMARTS) is 1. The van der Waals surface area contributed by atoms with E-state index in [1.807, 2.05) is 24.3 Å². The Hall–Kier alpha value is -1.82. The lowest BCUT2D eigenvalue weighted by atomic mass is 9.86. The summed E-state index contributed by atoms with van der Waals surface area (Å²) in [4.78, 5) is 18.1. The predicted molar refractivity (Wildman–Crippen MR) is 109 cm³/mol. The highest BCUT2D eigenvalue weighted by molar-refractivity contribution is 7.19. The second-order valence-corrected chi connectivity index (χ2v) is 8.30. The van der Waals surface area contributed by atoms with Gasteiger partial charge in [0, 0.05) is 15.8 Å². The van der Waals surface area contributed by atoms with Crippen LogP contribution in [-0.4, -0.2) is 23.2 Å². The van der Waals surface area contributed by atoms with Gasteiger partial charge in [-0.3, -0.25) is 4.79 Å². The Morgan fingerprint density at radius 2 is 2.11 bits per heavy atom. The maximum atomic E-state index is 11.4. The summed E-state index contributed by atoms with van der Waals surface area (Å²) < 4.78 is 5.26. The molecule has 0 unspecified atom stereocenters. The summed E-state index contributed by atoms with van der Waals surface area (Å²) in [5.41, 5.74) is 3.71. The number of benzene rings is 1. The number of alkyl halides is 1. The van der Waals surface area contributed by atoms with Crippen molar-refractivity contribution in [3.8, 4) is 16.9 Å². The molecule has 1 aliphatic rings. The smallest absolute Gasteiger partial charge is 0.306 e. The lowest BCUT2D eigenvalue weighted by Crippen LogP contribution is -2.20. The number of halogens is 2. The number of pyridine rings is 1. The average molecular weight is 422 g/mol. The number of rotatable bonds is 4. The van der Waals surface area contributed by atoms with Crippen molar-refractivity contribution in [3.63, 3.8) is 0 Å². The van der Waals surface area contributed by atoms with E-state index in [-0.39, 0.29) is 11.8 Å². The number of hydrogen-bond acceptors (Lipinski definition) is 4. The van der Waals surface area contributed by atoms with Crippen molar-refractivity contribution < 1.29 is 14.6 Å².